The maximum Gasteiger partial charge on any atom is 0.234 e. The summed E-state index contributed by atoms with van der Waals surface area (Å²) in [5.74, 6) is 1.15. The van der Waals surface area contributed by atoms with Crippen LogP contribution in [0.2, 0.25) is 0 Å². The number of hydrogen-bond donors (Lipinski definition) is 2. The number of benzene rings is 1. The molecule has 2 N–H and O–H groups in total. The lowest BCUT2D eigenvalue weighted by Gasteiger charge is -2.30. The van der Waals surface area contributed by atoms with Gasteiger partial charge >= 0.3 is 0 Å². The van der Waals surface area contributed by atoms with Gasteiger partial charge in [0.25, 0.3) is 0 Å². The lowest BCUT2D eigenvalue weighted by molar-refractivity contribution is -0.125. The standard InChI is InChI=1S/C17H22N2O2/c1-4-8-21-15-7-5-6-14(11-15)9-12(2)17-13(3)10-16(20)18-19-17/h4-7,9,11,13,17,19H,1,8,10H2,2-3H3,(H,18,20)/b12-9+. The van der Waals surface area contributed by atoms with Crippen LogP contribution >= 0.6 is 0 Å². The molecular weight excluding hydrogens is 264 g/mol. The Labute approximate surface area is 125 Å². The molecule has 21 heavy (non-hydrogen) atoms. The van der Waals surface area contributed by atoms with E-state index in [0.717, 1.165) is 11.3 Å². The van der Waals surface area contributed by atoms with E-state index in [-0.39, 0.29) is 17.9 Å². The number of carbonyl (C=O) groups excluding carboxylic acids is 1. The van der Waals surface area contributed by atoms with E-state index < -0.39 is 0 Å². The smallest absolute Gasteiger partial charge is 0.234 e. The van der Waals surface area contributed by atoms with Crippen LogP contribution in [0.15, 0.2) is 42.5 Å². The molecule has 0 bridgehead atoms. The molecule has 0 aliphatic carbocycles. The maximum atomic E-state index is 11.3. The van der Waals surface area contributed by atoms with Crippen molar-refractivity contribution in [3.8, 4) is 5.75 Å². The number of amides is 1. The average Bonchev–Trinajstić information content (AvgIpc) is 2.45. The molecule has 0 saturated carbocycles. The van der Waals surface area contributed by atoms with Crippen molar-refractivity contribution in [1.82, 2.24) is 10.9 Å². The summed E-state index contributed by atoms with van der Waals surface area (Å²) in [7, 11) is 0. The van der Waals surface area contributed by atoms with Gasteiger partial charge in [0.1, 0.15) is 12.4 Å². The Balaban J connectivity index is 2.11. The first-order valence-corrected chi connectivity index (χ1v) is 7.16. The summed E-state index contributed by atoms with van der Waals surface area (Å²) in [6, 6.07) is 8.09. The molecule has 4 nitrogen and oxygen atoms in total. The van der Waals surface area contributed by atoms with E-state index in [1.807, 2.05) is 24.3 Å². The van der Waals surface area contributed by atoms with Gasteiger partial charge in [-0.2, -0.15) is 0 Å². The van der Waals surface area contributed by atoms with Crippen molar-refractivity contribution < 1.29 is 9.53 Å². The Morgan fingerprint density at radius 3 is 3.05 bits per heavy atom. The third-order valence-corrected chi connectivity index (χ3v) is 3.55. The van der Waals surface area contributed by atoms with Gasteiger partial charge in [0.2, 0.25) is 5.91 Å². The van der Waals surface area contributed by atoms with E-state index in [9.17, 15) is 4.79 Å². The van der Waals surface area contributed by atoms with Crippen LogP contribution < -0.4 is 15.6 Å². The third kappa shape index (κ3) is 4.20. The van der Waals surface area contributed by atoms with Crippen LogP contribution in [0.5, 0.6) is 5.75 Å². The summed E-state index contributed by atoms with van der Waals surface area (Å²) in [6.45, 7) is 8.29. The Kier molecular flexibility index (Phi) is 5.17. The molecule has 4 heteroatoms. The molecule has 1 saturated heterocycles. The molecule has 0 aromatic heterocycles. The normalized spacial score (nSPS) is 22.6. The van der Waals surface area contributed by atoms with Crippen molar-refractivity contribution in [2.24, 2.45) is 5.92 Å². The van der Waals surface area contributed by atoms with Crippen molar-refractivity contribution in [2.75, 3.05) is 6.61 Å². The van der Waals surface area contributed by atoms with E-state index in [1.165, 1.54) is 5.57 Å². The molecule has 0 radical (unpaired) electrons. The van der Waals surface area contributed by atoms with Crippen LogP contribution in [0.3, 0.4) is 0 Å². The second-order valence-corrected chi connectivity index (χ2v) is 5.41. The van der Waals surface area contributed by atoms with Gasteiger partial charge in [0.15, 0.2) is 0 Å². The van der Waals surface area contributed by atoms with Gasteiger partial charge in [-0.1, -0.05) is 43.4 Å². The van der Waals surface area contributed by atoms with Crippen molar-refractivity contribution in [1.29, 1.82) is 0 Å². The number of rotatable bonds is 5. The molecule has 2 atom stereocenters. The fourth-order valence-electron chi connectivity index (χ4n) is 2.53. The molecule has 2 rings (SSSR count). The summed E-state index contributed by atoms with van der Waals surface area (Å²) in [4.78, 5) is 11.3. The monoisotopic (exact) mass is 286 g/mol. The van der Waals surface area contributed by atoms with Gasteiger partial charge < -0.3 is 4.74 Å². The molecule has 1 aromatic rings. The maximum absolute atomic E-state index is 11.3. The molecule has 2 unspecified atom stereocenters. The van der Waals surface area contributed by atoms with Gasteiger partial charge in [0, 0.05) is 6.42 Å². The lowest BCUT2D eigenvalue weighted by atomic mass is 9.90. The first kappa shape index (κ1) is 15.3. The van der Waals surface area contributed by atoms with Crippen molar-refractivity contribution in [2.45, 2.75) is 26.3 Å². The van der Waals surface area contributed by atoms with Gasteiger partial charge in [-0.3, -0.25) is 10.2 Å². The Hall–Kier alpha value is -2.07. The minimum atomic E-state index is 0.0476. The first-order chi connectivity index (χ1) is 10.1. The quantitative estimate of drug-likeness (QED) is 0.818. The second kappa shape index (κ2) is 7.09. The predicted molar refractivity (Wildman–Crippen MR) is 84.6 cm³/mol. The highest BCUT2D eigenvalue weighted by atomic mass is 16.5. The number of hydrogen-bond acceptors (Lipinski definition) is 3. The zero-order chi connectivity index (χ0) is 15.2. The van der Waals surface area contributed by atoms with Gasteiger partial charge in [-0.25, -0.2) is 5.43 Å². The van der Waals surface area contributed by atoms with E-state index in [1.54, 1.807) is 6.08 Å². The van der Waals surface area contributed by atoms with E-state index in [2.05, 4.69) is 37.4 Å². The van der Waals surface area contributed by atoms with Crippen LogP contribution in [0.4, 0.5) is 0 Å². The molecule has 112 valence electrons. The number of hydrazine groups is 1. The minimum absolute atomic E-state index is 0.0476. The van der Waals surface area contributed by atoms with Crippen molar-refractivity contribution in [3.63, 3.8) is 0 Å². The van der Waals surface area contributed by atoms with Gasteiger partial charge in [-0.05, 0) is 30.5 Å². The fourth-order valence-corrected chi connectivity index (χ4v) is 2.53. The van der Waals surface area contributed by atoms with Gasteiger partial charge in [-0.15, -0.1) is 0 Å². The summed E-state index contributed by atoms with van der Waals surface area (Å²) in [5, 5.41) is 0. The number of nitrogens with one attached hydrogen (secondary N) is 2. The minimum Gasteiger partial charge on any atom is -0.490 e. The summed E-state index contributed by atoms with van der Waals surface area (Å²) < 4.78 is 5.54. The molecule has 1 aliphatic rings. The largest absolute Gasteiger partial charge is 0.490 e. The van der Waals surface area contributed by atoms with E-state index >= 15 is 0 Å². The van der Waals surface area contributed by atoms with Crippen molar-refractivity contribution >= 4 is 12.0 Å². The number of ether oxygens (including phenoxy) is 1. The fraction of sp³-hybridized carbons (Fsp3) is 0.353. The molecule has 1 aromatic carbocycles. The summed E-state index contributed by atoms with van der Waals surface area (Å²) in [5.41, 5.74) is 8.05. The van der Waals surface area contributed by atoms with Gasteiger partial charge in [0.05, 0.1) is 6.04 Å². The first-order valence-electron chi connectivity index (χ1n) is 7.16. The second-order valence-electron chi connectivity index (χ2n) is 5.41. The highest BCUT2D eigenvalue weighted by Crippen LogP contribution is 2.22. The molecule has 1 amide bonds. The molecule has 1 heterocycles. The Morgan fingerprint density at radius 1 is 1.52 bits per heavy atom. The molecular formula is C17H22N2O2. The summed E-state index contributed by atoms with van der Waals surface area (Å²) >= 11 is 0. The van der Waals surface area contributed by atoms with Crippen molar-refractivity contribution in [3.05, 3.63) is 48.1 Å². The van der Waals surface area contributed by atoms with Crippen LogP contribution in [0, 0.1) is 5.92 Å². The van der Waals surface area contributed by atoms with Crippen LogP contribution in [0.1, 0.15) is 25.8 Å². The zero-order valence-corrected chi connectivity index (χ0v) is 12.6. The highest BCUT2D eigenvalue weighted by molar-refractivity contribution is 5.76. The Morgan fingerprint density at radius 2 is 2.33 bits per heavy atom. The Bertz CT molecular complexity index is 551. The lowest BCUT2D eigenvalue weighted by Crippen LogP contribution is -2.53. The van der Waals surface area contributed by atoms with Crippen LogP contribution in [0.25, 0.3) is 6.08 Å². The predicted octanol–water partition coefficient (Wildman–Crippen LogP) is 2.68. The molecule has 1 fully saturated rings. The summed E-state index contributed by atoms with van der Waals surface area (Å²) in [6.07, 6.45) is 4.39. The topological polar surface area (TPSA) is 50.4 Å². The third-order valence-electron chi connectivity index (χ3n) is 3.55. The molecule has 0 spiro atoms. The number of carbonyl (C=O) groups is 1. The van der Waals surface area contributed by atoms with E-state index in [0.29, 0.717) is 13.0 Å². The average molecular weight is 286 g/mol. The highest BCUT2D eigenvalue weighted by Gasteiger charge is 2.26. The zero-order valence-electron chi connectivity index (χ0n) is 12.6. The molecule has 1 aliphatic heterocycles. The van der Waals surface area contributed by atoms with Crippen LogP contribution in [-0.2, 0) is 4.79 Å². The van der Waals surface area contributed by atoms with E-state index in [4.69, 9.17) is 4.74 Å². The SMILES string of the molecule is C=CCOc1cccc(/C=C(\C)C2NNC(=O)CC2C)c1. The van der Waals surface area contributed by atoms with Crippen LogP contribution in [-0.4, -0.2) is 18.6 Å².